The fourth-order valence-corrected chi connectivity index (χ4v) is 3.47. The molecule has 1 amide bonds. The van der Waals surface area contributed by atoms with Gasteiger partial charge in [-0.05, 0) is 25.7 Å². The van der Waals surface area contributed by atoms with Crippen LogP contribution in [0.25, 0.3) is 0 Å². The first-order valence-electron chi connectivity index (χ1n) is 5.44. The highest BCUT2D eigenvalue weighted by atomic mass is 35.5. The van der Waals surface area contributed by atoms with Crippen molar-refractivity contribution in [2.24, 2.45) is 0 Å². The van der Waals surface area contributed by atoms with Crippen LogP contribution in [-0.4, -0.2) is 44.4 Å². The van der Waals surface area contributed by atoms with Gasteiger partial charge >= 0.3 is 16.3 Å². The SMILES string of the molecule is COC(=O)NS(=O)(=O)N1CCCC1CCCCl. The molecule has 0 aromatic carbocycles. The fourth-order valence-electron chi connectivity index (χ4n) is 1.93. The third-order valence-corrected chi connectivity index (χ3v) is 4.49. The van der Waals surface area contributed by atoms with Gasteiger partial charge in [-0.1, -0.05) is 0 Å². The topological polar surface area (TPSA) is 75.7 Å². The number of alkyl halides is 1. The van der Waals surface area contributed by atoms with Gasteiger partial charge in [0, 0.05) is 18.5 Å². The van der Waals surface area contributed by atoms with E-state index in [0.717, 1.165) is 26.4 Å². The molecule has 1 fully saturated rings. The summed E-state index contributed by atoms with van der Waals surface area (Å²) in [5, 5.41) is 0. The third kappa shape index (κ3) is 4.01. The number of carbonyl (C=O) groups is 1. The Balaban J connectivity index is 2.65. The molecule has 6 nitrogen and oxygen atoms in total. The van der Waals surface area contributed by atoms with Gasteiger partial charge < -0.3 is 4.74 Å². The summed E-state index contributed by atoms with van der Waals surface area (Å²) in [6.45, 7) is 0.430. The van der Waals surface area contributed by atoms with Crippen LogP contribution in [0.15, 0.2) is 0 Å². The molecule has 1 N–H and O–H groups in total. The van der Waals surface area contributed by atoms with Gasteiger partial charge in [0.2, 0.25) is 0 Å². The zero-order chi connectivity index (χ0) is 12.9. The summed E-state index contributed by atoms with van der Waals surface area (Å²) in [5.74, 6) is 0.509. The average Bonchev–Trinajstić information content (AvgIpc) is 2.74. The van der Waals surface area contributed by atoms with E-state index in [1.807, 2.05) is 4.72 Å². The number of amides is 1. The Morgan fingerprint density at radius 2 is 2.29 bits per heavy atom. The zero-order valence-corrected chi connectivity index (χ0v) is 11.3. The molecular weight excluding hydrogens is 268 g/mol. The summed E-state index contributed by atoms with van der Waals surface area (Å²) in [6.07, 6.45) is 2.11. The molecule has 1 atom stereocenters. The fraction of sp³-hybridized carbons (Fsp3) is 0.889. The van der Waals surface area contributed by atoms with Crippen molar-refractivity contribution in [2.75, 3.05) is 19.5 Å². The smallest absolute Gasteiger partial charge is 0.421 e. The Kier molecular flexibility index (Phi) is 5.48. The lowest BCUT2D eigenvalue weighted by molar-refractivity contribution is 0.176. The summed E-state index contributed by atoms with van der Waals surface area (Å²) >= 11 is 5.59. The molecule has 0 spiro atoms. The number of methoxy groups -OCH3 is 1. The summed E-state index contributed by atoms with van der Waals surface area (Å²) < 4.78 is 31.2. The van der Waals surface area contributed by atoms with E-state index in [-0.39, 0.29) is 6.04 Å². The molecule has 0 bridgehead atoms. The highest BCUT2D eigenvalue weighted by molar-refractivity contribution is 7.87. The molecule has 0 radical (unpaired) electrons. The van der Waals surface area contributed by atoms with Crippen LogP contribution in [0.4, 0.5) is 4.79 Å². The first-order chi connectivity index (χ1) is 8.01. The van der Waals surface area contributed by atoms with E-state index in [4.69, 9.17) is 11.6 Å². The van der Waals surface area contributed by atoms with E-state index in [1.54, 1.807) is 0 Å². The lowest BCUT2D eigenvalue weighted by Crippen LogP contribution is -2.45. The summed E-state index contributed by atoms with van der Waals surface area (Å²) in [5.41, 5.74) is 0. The summed E-state index contributed by atoms with van der Waals surface area (Å²) in [4.78, 5) is 10.9. The van der Waals surface area contributed by atoms with E-state index in [9.17, 15) is 13.2 Å². The Bertz CT molecular complexity index is 360. The second-order valence-electron chi connectivity index (χ2n) is 3.84. The summed E-state index contributed by atoms with van der Waals surface area (Å²) in [7, 11) is -2.66. The second kappa shape index (κ2) is 6.42. The van der Waals surface area contributed by atoms with Gasteiger partial charge in [0.25, 0.3) is 0 Å². The number of rotatable bonds is 5. The van der Waals surface area contributed by atoms with Crippen LogP contribution in [0.3, 0.4) is 0 Å². The van der Waals surface area contributed by atoms with E-state index in [1.165, 1.54) is 4.31 Å². The van der Waals surface area contributed by atoms with Crippen molar-refractivity contribution in [3.63, 3.8) is 0 Å². The van der Waals surface area contributed by atoms with Gasteiger partial charge in [-0.3, -0.25) is 0 Å². The van der Waals surface area contributed by atoms with Gasteiger partial charge in [-0.15, -0.1) is 11.6 Å². The molecule has 1 rings (SSSR count). The molecule has 1 saturated heterocycles. The van der Waals surface area contributed by atoms with Crippen LogP contribution in [-0.2, 0) is 14.9 Å². The molecule has 17 heavy (non-hydrogen) atoms. The predicted molar refractivity (Wildman–Crippen MR) is 64.1 cm³/mol. The molecule has 100 valence electrons. The Hall–Kier alpha value is -0.530. The maximum Gasteiger partial charge on any atom is 0.421 e. The Morgan fingerprint density at radius 3 is 2.88 bits per heavy atom. The predicted octanol–water partition coefficient (Wildman–Crippen LogP) is 1.07. The molecule has 0 saturated carbocycles. The van der Waals surface area contributed by atoms with Crippen LogP contribution in [0.5, 0.6) is 0 Å². The van der Waals surface area contributed by atoms with Crippen molar-refractivity contribution in [3.8, 4) is 0 Å². The number of hydrogen-bond acceptors (Lipinski definition) is 4. The second-order valence-corrected chi connectivity index (χ2v) is 5.84. The minimum atomic E-state index is -3.79. The molecule has 1 aliphatic heterocycles. The molecule has 0 aromatic rings. The van der Waals surface area contributed by atoms with Crippen molar-refractivity contribution in [2.45, 2.75) is 31.7 Å². The number of hydrogen-bond donors (Lipinski definition) is 1. The maximum atomic E-state index is 11.9. The van der Waals surface area contributed by atoms with Crippen LogP contribution >= 0.6 is 11.6 Å². The molecular formula is C9H17ClN2O4S. The van der Waals surface area contributed by atoms with Crippen molar-refractivity contribution in [3.05, 3.63) is 0 Å². The third-order valence-electron chi connectivity index (χ3n) is 2.70. The number of halogens is 1. The van der Waals surface area contributed by atoms with E-state index >= 15 is 0 Å². The van der Waals surface area contributed by atoms with Crippen LogP contribution < -0.4 is 4.72 Å². The zero-order valence-electron chi connectivity index (χ0n) is 9.69. The van der Waals surface area contributed by atoms with Gasteiger partial charge in [0.15, 0.2) is 0 Å². The normalized spacial score (nSPS) is 21.4. The first-order valence-corrected chi connectivity index (χ1v) is 7.42. The minimum Gasteiger partial charge on any atom is -0.452 e. The average molecular weight is 285 g/mol. The van der Waals surface area contributed by atoms with Crippen LogP contribution in [0.1, 0.15) is 25.7 Å². The van der Waals surface area contributed by atoms with E-state index < -0.39 is 16.3 Å². The lowest BCUT2D eigenvalue weighted by Gasteiger charge is -2.23. The standard InChI is InChI=1S/C9H17ClN2O4S/c1-16-9(13)11-17(14,15)12-7-3-5-8(12)4-2-6-10/h8H,2-7H2,1H3,(H,11,13). The number of ether oxygens (including phenoxy) is 1. The minimum absolute atomic E-state index is 0.0732. The van der Waals surface area contributed by atoms with Crippen molar-refractivity contribution >= 4 is 27.9 Å². The van der Waals surface area contributed by atoms with Gasteiger partial charge in [-0.25, -0.2) is 9.52 Å². The lowest BCUT2D eigenvalue weighted by atomic mass is 10.1. The summed E-state index contributed by atoms with van der Waals surface area (Å²) in [6, 6.07) is -0.0732. The Morgan fingerprint density at radius 1 is 1.59 bits per heavy atom. The monoisotopic (exact) mass is 284 g/mol. The molecule has 1 heterocycles. The maximum absolute atomic E-state index is 11.9. The largest absolute Gasteiger partial charge is 0.452 e. The van der Waals surface area contributed by atoms with Crippen molar-refractivity contribution < 1.29 is 17.9 Å². The molecule has 0 aromatic heterocycles. The molecule has 1 unspecified atom stereocenters. The highest BCUT2D eigenvalue weighted by Gasteiger charge is 2.34. The molecule has 1 aliphatic rings. The number of carbonyl (C=O) groups excluding carboxylic acids is 1. The van der Waals surface area contributed by atoms with E-state index in [0.29, 0.717) is 18.8 Å². The highest BCUT2D eigenvalue weighted by Crippen LogP contribution is 2.24. The number of nitrogens with one attached hydrogen (secondary N) is 1. The van der Waals surface area contributed by atoms with Crippen LogP contribution in [0.2, 0.25) is 0 Å². The van der Waals surface area contributed by atoms with Gasteiger partial charge in [0.05, 0.1) is 7.11 Å². The van der Waals surface area contributed by atoms with Gasteiger partial charge in [0.1, 0.15) is 0 Å². The van der Waals surface area contributed by atoms with Gasteiger partial charge in [-0.2, -0.15) is 12.7 Å². The molecule has 8 heteroatoms. The Labute approximate surface area is 106 Å². The number of nitrogens with zero attached hydrogens (tertiary/aromatic N) is 1. The van der Waals surface area contributed by atoms with Crippen molar-refractivity contribution in [1.29, 1.82) is 0 Å². The molecule has 0 aliphatic carbocycles. The van der Waals surface area contributed by atoms with Crippen molar-refractivity contribution in [1.82, 2.24) is 9.03 Å². The first kappa shape index (κ1) is 14.5. The van der Waals surface area contributed by atoms with Crippen LogP contribution in [0, 0.1) is 0 Å². The van der Waals surface area contributed by atoms with E-state index in [2.05, 4.69) is 4.74 Å². The quantitative estimate of drug-likeness (QED) is 0.766.